The van der Waals surface area contributed by atoms with E-state index in [2.05, 4.69) is 15.5 Å². The van der Waals surface area contributed by atoms with Gasteiger partial charge in [-0.1, -0.05) is 19.0 Å². The molecule has 142 valence electrons. The van der Waals surface area contributed by atoms with Crippen LogP contribution in [0.3, 0.4) is 0 Å². The van der Waals surface area contributed by atoms with Gasteiger partial charge in [0.05, 0.1) is 5.41 Å². The maximum atomic E-state index is 13.0. The highest BCUT2D eigenvalue weighted by molar-refractivity contribution is 5.79. The zero-order chi connectivity index (χ0) is 18.5. The Morgan fingerprint density at radius 3 is 2.54 bits per heavy atom. The molecule has 0 spiro atoms. The van der Waals surface area contributed by atoms with Gasteiger partial charge in [0.25, 0.3) is 5.89 Å². The van der Waals surface area contributed by atoms with Crippen molar-refractivity contribution in [1.82, 2.24) is 15.5 Å². The summed E-state index contributed by atoms with van der Waals surface area (Å²) in [5.41, 5.74) is -0.711. The average molecular weight is 361 g/mol. The Hall–Kier alpha value is -1.92. The summed E-state index contributed by atoms with van der Waals surface area (Å²) in [6, 6.07) is 0. The molecule has 0 aromatic carbocycles. The van der Waals surface area contributed by atoms with Crippen molar-refractivity contribution in [3.05, 3.63) is 11.7 Å². The number of aromatic nitrogens is 2. The van der Waals surface area contributed by atoms with Crippen LogP contribution in [0.4, 0.5) is 0 Å². The van der Waals surface area contributed by atoms with Crippen molar-refractivity contribution in [2.75, 3.05) is 0 Å². The summed E-state index contributed by atoms with van der Waals surface area (Å²) in [4.78, 5) is 29.0. The van der Waals surface area contributed by atoms with Gasteiger partial charge in [0.15, 0.2) is 12.4 Å². The Kier molecular flexibility index (Phi) is 4.08. The summed E-state index contributed by atoms with van der Waals surface area (Å²) >= 11 is 0. The molecule has 2 unspecified atom stereocenters. The van der Waals surface area contributed by atoms with Gasteiger partial charge in [-0.2, -0.15) is 4.98 Å². The number of ether oxygens (including phenoxy) is 1. The van der Waals surface area contributed by atoms with E-state index in [-0.39, 0.29) is 29.9 Å². The second-order valence-corrected chi connectivity index (χ2v) is 8.98. The summed E-state index contributed by atoms with van der Waals surface area (Å²) in [6.45, 7) is 5.54. The Morgan fingerprint density at radius 2 is 1.96 bits per heavy atom. The van der Waals surface area contributed by atoms with E-state index in [1.54, 1.807) is 6.92 Å². The van der Waals surface area contributed by atoms with Crippen LogP contribution in [0.2, 0.25) is 0 Å². The maximum absolute atomic E-state index is 13.0. The third kappa shape index (κ3) is 3.01. The molecule has 0 radical (unpaired) electrons. The van der Waals surface area contributed by atoms with Crippen molar-refractivity contribution in [2.24, 2.45) is 17.3 Å². The summed E-state index contributed by atoms with van der Waals surface area (Å²) in [5, 5.41) is 7.07. The molecule has 4 bridgehead atoms. The SMILES string of the molecule is CC(=O)NC12CC3CC(C1)CC(C(=O)OCc1nc(C(C)C)no1)(C3)C2. The molecule has 4 aliphatic rings. The van der Waals surface area contributed by atoms with Gasteiger partial charge in [-0.25, -0.2) is 0 Å². The topological polar surface area (TPSA) is 94.3 Å². The molecule has 4 saturated carbocycles. The molecule has 2 atom stereocenters. The molecule has 1 N–H and O–H groups in total. The first kappa shape index (κ1) is 17.5. The van der Waals surface area contributed by atoms with Crippen LogP contribution in [0.1, 0.15) is 76.9 Å². The van der Waals surface area contributed by atoms with Crippen molar-refractivity contribution >= 4 is 11.9 Å². The van der Waals surface area contributed by atoms with Crippen LogP contribution in [0.25, 0.3) is 0 Å². The van der Waals surface area contributed by atoms with Gasteiger partial charge in [0.1, 0.15) is 0 Å². The fourth-order valence-electron chi connectivity index (χ4n) is 5.86. The molecule has 1 amide bonds. The summed E-state index contributed by atoms with van der Waals surface area (Å²) in [7, 11) is 0. The van der Waals surface area contributed by atoms with Crippen LogP contribution in [0, 0.1) is 17.3 Å². The van der Waals surface area contributed by atoms with Crippen molar-refractivity contribution in [2.45, 2.75) is 77.4 Å². The highest BCUT2D eigenvalue weighted by atomic mass is 16.6. The first-order valence-corrected chi connectivity index (χ1v) is 9.58. The smallest absolute Gasteiger partial charge is 0.312 e. The molecular weight excluding hydrogens is 334 g/mol. The number of nitrogens with one attached hydrogen (secondary N) is 1. The lowest BCUT2D eigenvalue weighted by molar-refractivity contribution is -0.178. The summed E-state index contributed by atoms with van der Waals surface area (Å²) < 4.78 is 10.8. The second-order valence-electron chi connectivity index (χ2n) is 8.98. The molecule has 7 nitrogen and oxygen atoms in total. The first-order valence-electron chi connectivity index (χ1n) is 9.58. The second kappa shape index (κ2) is 6.06. The predicted molar refractivity (Wildman–Crippen MR) is 91.8 cm³/mol. The molecule has 26 heavy (non-hydrogen) atoms. The number of carbonyl (C=O) groups is 2. The van der Waals surface area contributed by atoms with E-state index >= 15 is 0 Å². The lowest BCUT2D eigenvalue weighted by Gasteiger charge is -2.60. The fourth-order valence-corrected chi connectivity index (χ4v) is 5.86. The van der Waals surface area contributed by atoms with E-state index in [9.17, 15) is 9.59 Å². The van der Waals surface area contributed by atoms with Crippen LogP contribution in [-0.4, -0.2) is 27.6 Å². The zero-order valence-corrected chi connectivity index (χ0v) is 15.7. The standard InChI is InChI=1S/C19H27N3O4/c1-11(2)16-20-15(26-22-16)9-25-17(24)18-5-13-4-14(6-18)8-19(7-13,10-18)21-12(3)23/h11,13-14H,4-10H2,1-3H3,(H,21,23). The lowest BCUT2D eigenvalue weighted by atomic mass is 9.47. The molecular formula is C19H27N3O4. The number of esters is 1. The number of hydrogen-bond donors (Lipinski definition) is 1. The van der Waals surface area contributed by atoms with E-state index in [1.807, 2.05) is 13.8 Å². The van der Waals surface area contributed by atoms with E-state index in [4.69, 9.17) is 9.26 Å². The van der Waals surface area contributed by atoms with E-state index in [1.165, 1.54) is 0 Å². The lowest BCUT2D eigenvalue weighted by Crippen LogP contribution is -2.64. The molecule has 1 heterocycles. The zero-order valence-electron chi connectivity index (χ0n) is 15.7. The molecule has 1 aromatic rings. The quantitative estimate of drug-likeness (QED) is 0.810. The summed E-state index contributed by atoms with van der Waals surface area (Å²) in [6.07, 6.45) is 5.55. The third-order valence-electron chi connectivity index (χ3n) is 6.26. The summed E-state index contributed by atoms with van der Waals surface area (Å²) in [5.74, 6) is 1.93. The number of nitrogens with zero attached hydrogens (tertiary/aromatic N) is 2. The van der Waals surface area contributed by atoms with Crippen molar-refractivity contribution in [1.29, 1.82) is 0 Å². The van der Waals surface area contributed by atoms with Gasteiger partial charge >= 0.3 is 5.97 Å². The van der Waals surface area contributed by atoms with Gasteiger partial charge in [-0.15, -0.1) is 0 Å². The Morgan fingerprint density at radius 1 is 1.27 bits per heavy atom. The number of hydrogen-bond acceptors (Lipinski definition) is 6. The van der Waals surface area contributed by atoms with E-state index in [0.29, 0.717) is 30.0 Å². The van der Waals surface area contributed by atoms with Crippen molar-refractivity contribution in [3.63, 3.8) is 0 Å². The molecule has 1 aromatic heterocycles. The van der Waals surface area contributed by atoms with Gasteiger partial charge in [0, 0.05) is 18.4 Å². The largest absolute Gasteiger partial charge is 0.455 e. The monoisotopic (exact) mass is 361 g/mol. The highest BCUT2D eigenvalue weighted by Gasteiger charge is 2.61. The minimum atomic E-state index is -0.479. The predicted octanol–water partition coefficient (Wildman–Crippen LogP) is 2.71. The molecule has 7 heteroatoms. The van der Waals surface area contributed by atoms with E-state index < -0.39 is 5.41 Å². The van der Waals surface area contributed by atoms with Crippen LogP contribution >= 0.6 is 0 Å². The molecule has 4 aliphatic carbocycles. The molecule has 0 saturated heterocycles. The fraction of sp³-hybridized carbons (Fsp3) is 0.789. The van der Waals surface area contributed by atoms with Gasteiger partial charge in [-0.05, 0) is 50.4 Å². The first-order chi connectivity index (χ1) is 12.3. The minimum absolute atomic E-state index is 0.0115. The number of carbonyl (C=O) groups excluding carboxylic acids is 2. The third-order valence-corrected chi connectivity index (χ3v) is 6.26. The Labute approximate surface area is 153 Å². The molecule has 5 rings (SSSR count). The molecule has 0 aliphatic heterocycles. The van der Waals surface area contributed by atoms with Crippen LogP contribution < -0.4 is 5.32 Å². The normalized spacial score (nSPS) is 34.9. The van der Waals surface area contributed by atoms with Crippen molar-refractivity contribution in [3.8, 4) is 0 Å². The Balaban J connectivity index is 1.47. The van der Waals surface area contributed by atoms with Crippen LogP contribution in [-0.2, 0) is 20.9 Å². The number of amides is 1. The molecule has 4 fully saturated rings. The van der Waals surface area contributed by atoms with Crippen molar-refractivity contribution < 1.29 is 18.8 Å². The van der Waals surface area contributed by atoms with Gasteiger partial charge < -0.3 is 14.6 Å². The number of rotatable bonds is 5. The van der Waals surface area contributed by atoms with Crippen LogP contribution in [0.15, 0.2) is 4.52 Å². The van der Waals surface area contributed by atoms with Gasteiger partial charge in [-0.3, -0.25) is 9.59 Å². The Bertz CT molecular complexity index is 712. The van der Waals surface area contributed by atoms with Crippen LogP contribution in [0.5, 0.6) is 0 Å². The highest BCUT2D eigenvalue weighted by Crippen LogP contribution is 2.62. The maximum Gasteiger partial charge on any atom is 0.312 e. The average Bonchev–Trinajstić information content (AvgIpc) is 2.99. The van der Waals surface area contributed by atoms with E-state index in [0.717, 1.165) is 32.1 Å². The van der Waals surface area contributed by atoms with Gasteiger partial charge in [0.2, 0.25) is 5.91 Å². The minimum Gasteiger partial charge on any atom is -0.455 e.